The smallest absolute Gasteiger partial charge is 0.233 e. The van der Waals surface area contributed by atoms with E-state index in [4.69, 9.17) is 11.6 Å². The number of nitrogens with one attached hydrogen (secondary N) is 2. The van der Waals surface area contributed by atoms with E-state index in [1.807, 2.05) is 42.5 Å². The normalized spacial score (nSPS) is 10.5. The van der Waals surface area contributed by atoms with Gasteiger partial charge in [0.1, 0.15) is 6.42 Å². The van der Waals surface area contributed by atoms with Crippen LogP contribution in [-0.4, -0.2) is 23.3 Å². The Kier molecular flexibility index (Phi) is 5.81. The molecule has 0 radical (unpaired) electrons. The molecule has 0 aliphatic rings. The SMILES string of the molecule is O=C(CC(=O)Nc1cccc2cccnc12)NCCc1cccc(Cl)c1. The molecule has 0 aliphatic heterocycles. The van der Waals surface area contributed by atoms with Crippen molar-refractivity contribution in [1.82, 2.24) is 10.3 Å². The average molecular weight is 368 g/mol. The van der Waals surface area contributed by atoms with Crippen molar-refractivity contribution in [1.29, 1.82) is 0 Å². The maximum Gasteiger partial charge on any atom is 0.233 e. The lowest BCUT2D eigenvalue weighted by Crippen LogP contribution is -2.29. The van der Waals surface area contributed by atoms with Crippen molar-refractivity contribution in [2.45, 2.75) is 12.8 Å². The zero-order valence-electron chi connectivity index (χ0n) is 14.0. The van der Waals surface area contributed by atoms with Crippen molar-refractivity contribution in [3.05, 3.63) is 71.4 Å². The van der Waals surface area contributed by atoms with Crippen molar-refractivity contribution in [3.63, 3.8) is 0 Å². The molecular weight excluding hydrogens is 350 g/mol. The van der Waals surface area contributed by atoms with Crippen LogP contribution in [0.25, 0.3) is 10.9 Å². The molecule has 0 unspecified atom stereocenters. The van der Waals surface area contributed by atoms with Crippen LogP contribution in [0.15, 0.2) is 60.8 Å². The summed E-state index contributed by atoms with van der Waals surface area (Å²) in [5, 5.41) is 7.09. The van der Waals surface area contributed by atoms with Crippen LogP contribution in [0, 0.1) is 0 Å². The average Bonchev–Trinajstić information content (AvgIpc) is 2.62. The zero-order valence-corrected chi connectivity index (χ0v) is 14.8. The van der Waals surface area contributed by atoms with Crippen molar-refractivity contribution in [2.75, 3.05) is 11.9 Å². The fraction of sp³-hybridized carbons (Fsp3) is 0.150. The molecule has 0 fully saturated rings. The van der Waals surface area contributed by atoms with E-state index in [9.17, 15) is 9.59 Å². The van der Waals surface area contributed by atoms with Crippen molar-refractivity contribution >= 4 is 40.0 Å². The number of aromatic nitrogens is 1. The van der Waals surface area contributed by atoms with E-state index in [1.54, 1.807) is 18.3 Å². The van der Waals surface area contributed by atoms with Crippen molar-refractivity contribution < 1.29 is 9.59 Å². The van der Waals surface area contributed by atoms with Gasteiger partial charge in [0.2, 0.25) is 11.8 Å². The van der Waals surface area contributed by atoms with Crippen LogP contribution in [0.3, 0.4) is 0 Å². The van der Waals surface area contributed by atoms with Gasteiger partial charge in [0.15, 0.2) is 0 Å². The lowest BCUT2D eigenvalue weighted by atomic mass is 10.1. The molecule has 5 nitrogen and oxygen atoms in total. The van der Waals surface area contributed by atoms with E-state index in [2.05, 4.69) is 15.6 Å². The van der Waals surface area contributed by atoms with Gasteiger partial charge in [-0.2, -0.15) is 0 Å². The van der Waals surface area contributed by atoms with Gasteiger partial charge in [0.05, 0.1) is 11.2 Å². The molecule has 0 saturated carbocycles. The summed E-state index contributed by atoms with van der Waals surface area (Å²) in [7, 11) is 0. The predicted molar refractivity (Wildman–Crippen MR) is 103 cm³/mol. The summed E-state index contributed by atoms with van der Waals surface area (Å²) in [5.41, 5.74) is 2.33. The van der Waals surface area contributed by atoms with Crippen LogP contribution >= 0.6 is 11.6 Å². The fourth-order valence-electron chi connectivity index (χ4n) is 2.65. The molecule has 132 valence electrons. The molecule has 2 N–H and O–H groups in total. The first kappa shape index (κ1) is 17.9. The summed E-state index contributed by atoms with van der Waals surface area (Å²) in [4.78, 5) is 28.4. The number of benzene rings is 2. The zero-order chi connectivity index (χ0) is 18.4. The highest BCUT2D eigenvalue weighted by Gasteiger charge is 2.11. The molecule has 0 aliphatic carbocycles. The van der Waals surface area contributed by atoms with Crippen LogP contribution in [-0.2, 0) is 16.0 Å². The fourth-order valence-corrected chi connectivity index (χ4v) is 2.86. The maximum atomic E-state index is 12.1. The molecule has 0 atom stereocenters. The Morgan fingerprint density at radius 2 is 1.81 bits per heavy atom. The quantitative estimate of drug-likeness (QED) is 0.654. The minimum atomic E-state index is -0.372. The second-order valence-corrected chi connectivity index (χ2v) is 6.27. The first-order chi connectivity index (χ1) is 12.6. The number of rotatable bonds is 6. The summed E-state index contributed by atoms with van der Waals surface area (Å²) in [6.07, 6.45) is 2.08. The molecule has 6 heteroatoms. The van der Waals surface area contributed by atoms with Crippen LogP contribution in [0.5, 0.6) is 0 Å². The van der Waals surface area contributed by atoms with E-state index in [-0.39, 0.29) is 18.2 Å². The third-order valence-corrected chi connectivity index (χ3v) is 4.09. The molecule has 3 rings (SSSR count). The third-order valence-electron chi connectivity index (χ3n) is 3.85. The number of hydrogen-bond acceptors (Lipinski definition) is 3. The summed E-state index contributed by atoms with van der Waals surface area (Å²) in [5.74, 6) is -0.693. The number of amides is 2. The number of hydrogen-bond donors (Lipinski definition) is 2. The molecule has 0 saturated heterocycles. The van der Waals surface area contributed by atoms with Gasteiger partial charge in [0, 0.05) is 23.2 Å². The van der Waals surface area contributed by atoms with Crippen molar-refractivity contribution in [2.24, 2.45) is 0 Å². The molecule has 2 amide bonds. The van der Waals surface area contributed by atoms with E-state index in [0.717, 1.165) is 10.9 Å². The molecular formula is C20H18ClN3O2. The molecule has 0 bridgehead atoms. The summed E-state index contributed by atoms with van der Waals surface area (Å²) in [6.45, 7) is 0.447. The van der Waals surface area contributed by atoms with Crippen LogP contribution < -0.4 is 10.6 Å². The maximum absolute atomic E-state index is 12.1. The highest BCUT2D eigenvalue weighted by atomic mass is 35.5. The largest absolute Gasteiger partial charge is 0.355 e. The van der Waals surface area contributed by atoms with Crippen molar-refractivity contribution in [3.8, 4) is 0 Å². The van der Waals surface area contributed by atoms with Crippen LogP contribution in [0.4, 0.5) is 5.69 Å². The van der Waals surface area contributed by atoms with Gasteiger partial charge in [0.25, 0.3) is 0 Å². The molecule has 1 aromatic heterocycles. The number of fused-ring (bicyclic) bond motifs is 1. The number of nitrogens with zero attached hydrogens (tertiary/aromatic N) is 1. The van der Waals surface area contributed by atoms with Gasteiger partial charge in [-0.1, -0.05) is 41.9 Å². The third kappa shape index (κ3) is 4.80. The lowest BCUT2D eigenvalue weighted by Gasteiger charge is -2.09. The lowest BCUT2D eigenvalue weighted by molar-refractivity contribution is -0.126. The Hall–Kier alpha value is -2.92. The predicted octanol–water partition coefficient (Wildman–Crippen LogP) is 3.58. The highest BCUT2D eigenvalue weighted by Crippen LogP contribution is 2.20. The topological polar surface area (TPSA) is 71.1 Å². The van der Waals surface area contributed by atoms with E-state index in [1.165, 1.54) is 0 Å². The minimum Gasteiger partial charge on any atom is -0.355 e. The minimum absolute atomic E-state index is 0.237. The number of carbonyl (C=O) groups excluding carboxylic acids is 2. The Balaban J connectivity index is 1.50. The number of anilines is 1. The first-order valence-electron chi connectivity index (χ1n) is 8.26. The molecule has 3 aromatic rings. The van der Waals surface area contributed by atoms with Crippen LogP contribution in [0.1, 0.15) is 12.0 Å². The number of carbonyl (C=O) groups is 2. The van der Waals surface area contributed by atoms with E-state index in [0.29, 0.717) is 29.2 Å². The Labute approximate surface area is 156 Å². The first-order valence-corrected chi connectivity index (χ1v) is 8.64. The van der Waals surface area contributed by atoms with E-state index < -0.39 is 0 Å². The van der Waals surface area contributed by atoms with Gasteiger partial charge in [-0.15, -0.1) is 0 Å². The van der Waals surface area contributed by atoms with Gasteiger partial charge in [-0.05, 0) is 36.2 Å². The summed E-state index contributed by atoms with van der Waals surface area (Å²) in [6, 6.07) is 16.7. The van der Waals surface area contributed by atoms with Gasteiger partial charge >= 0.3 is 0 Å². The second-order valence-electron chi connectivity index (χ2n) is 5.84. The highest BCUT2D eigenvalue weighted by molar-refractivity contribution is 6.30. The molecule has 0 spiro atoms. The van der Waals surface area contributed by atoms with Gasteiger partial charge in [-0.3, -0.25) is 14.6 Å². The summed E-state index contributed by atoms with van der Waals surface area (Å²) >= 11 is 5.93. The number of para-hydroxylation sites is 1. The Morgan fingerprint density at radius 1 is 1.00 bits per heavy atom. The van der Waals surface area contributed by atoms with E-state index >= 15 is 0 Å². The molecule has 26 heavy (non-hydrogen) atoms. The molecule has 2 aromatic carbocycles. The van der Waals surface area contributed by atoms with Crippen LogP contribution in [0.2, 0.25) is 5.02 Å². The monoisotopic (exact) mass is 367 g/mol. The standard InChI is InChI=1S/C20H18ClN3O2/c21-16-7-1-4-14(12-16)9-11-22-18(25)13-19(26)24-17-8-2-5-15-6-3-10-23-20(15)17/h1-8,10,12H,9,11,13H2,(H,22,25)(H,24,26). The second kappa shape index (κ2) is 8.45. The number of halogens is 1. The molecule has 1 heterocycles. The Morgan fingerprint density at radius 3 is 2.65 bits per heavy atom. The summed E-state index contributed by atoms with van der Waals surface area (Å²) < 4.78 is 0. The van der Waals surface area contributed by atoms with Gasteiger partial charge in [-0.25, -0.2) is 0 Å². The van der Waals surface area contributed by atoms with Gasteiger partial charge < -0.3 is 10.6 Å². The number of pyridine rings is 1. The Bertz CT molecular complexity index is 938.